The highest BCUT2D eigenvalue weighted by atomic mass is 35.5. The third kappa shape index (κ3) is 2.45. The zero-order valence-corrected chi connectivity index (χ0v) is 16.9. The SMILES string of the molecule is O=C1[C@@H]2[C@H](C(=O)N1/N=C\c1ccc(-c3ccc(Cl)c([N+](=O)[O-])c3)o1)[C@H]1C=C[C@H]2C12CC2. The van der Waals surface area contributed by atoms with E-state index >= 15 is 0 Å². The van der Waals surface area contributed by atoms with Gasteiger partial charge in [-0.2, -0.15) is 10.1 Å². The second kappa shape index (κ2) is 6.13. The molecule has 1 saturated heterocycles. The quantitative estimate of drug-likeness (QED) is 0.236. The zero-order chi connectivity index (χ0) is 21.5. The fourth-order valence-corrected chi connectivity index (χ4v) is 5.86. The fraction of sp³-hybridized carbons (Fsp3) is 0.318. The lowest BCUT2D eigenvalue weighted by molar-refractivity contribution is -0.384. The summed E-state index contributed by atoms with van der Waals surface area (Å²) in [6, 6.07) is 7.63. The van der Waals surface area contributed by atoms with Crippen molar-refractivity contribution in [2.75, 3.05) is 0 Å². The molecule has 0 N–H and O–H groups in total. The summed E-state index contributed by atoms with van der Waals surface area (Å²) in [5, 5.41) is 16.2. The molecule has 3 fully saturated rings. The van der Waals surface area contributed by atoms with E-state index in [4.69, 9.17) is 16.0 Å². The van der Waals surface area contributed by atoms with Gasteiger partial charge in [0.2, 0.25) is 0 Å². The first-order valence-corrected chi connectivity index (χ1v) is 10.4. The third-order valence-corrected chi connectivity index (χ3v) is 7.50. The molecule has 1 aromatic heterocycles. The number of halogens is 1. The first kappa shape index (κ1) is 18.5. The van der Waals surface area contributed by atoms with E-state index in [1.54, 1.807) is 18.2 Å². The summed E-state index contributed by atoms with van der Waals surface area (Å²) >= 11 is 5.85. The number of imide groups is 1. The summed E-state index contributed by atoms with van der Waals surface area (Å²) < 4.78 is 5.69. The van der Waals surface area contributed by atoms with E-state index in [1.807, 2.05) is 0 Å². The fourth-order valence-electron chi connectivity index (χ4n) is 5.67. The Morgan fingerprint density at radius 3 is 2.42 bits per heavy atom. The van der Waals surface area contributed by atoms with Gasteiger partial charge in [-0.1, -0.05) is 23.8 Å². The van der Waals surface area contributed by atoms with Crippen LogP contribution < -0.4 is 0 Å². The second-order valence-corrected chi connectivity index (χ2v) is 8.99. The average Bonchev–Trinajstić information content (AvgIpc) is 3.03. The topological polar surface area (TPSA) is 106 Å². The van der Waals surface area contributed by atoms with Crippen molar-refractivity contribution in [1.29, 1.82) is 0 Å². The van der Waals surface area contributed by atoms with Gasteiger partial charge in [0.15, 0.2) is 0 Å². The second-order valence-electron chi connectivity index (χ2n) is 8.58. The lowest BCUT2D eigenvalue weighted by Crippen LogP contribution is -2.30. The van der Waals surface area contributed by atoms with Crippen LogP contribution in [0.15, 0.2) is 52.0 Å². The summed E-state index contributed by atoms with van der Waals surface area (Å²) in [7, 11) is 0. The molecule has 0 unspecified atom stereocenters. The maximum Gasteiger partial charge on any atom is 0.288 e. The summed E-state index contributed by atoms with van der Waals surface area (Å²) in [5.74, 6) is -0.0814. The number of nitrogens with zero attached hydrogens (tertiary/aromatic N) is 3. The number of benzene rings is 1. The van der Waals surface area contributed by atoms with Crippen molar-refractivity contribution in [2.45, 2.75) is 12.8 Å². The van der Waals surface area contributed by atoms with Gasteiger partial charge in [0.05, 0.1) is 23.0 Å². The van der Waals surface area contributed by atoms with Gasteiger partial charge >= 0.3 is 0 Å². The van der Waals surface area contributed by atoms with E-state index < -0.39 is 4.92 Å². The minimum absolute atomic E-state index is 0.0372. The Balaban J connectivity index is 1.23. The predicted molar refractivity (Wildman–Crippen MR) is 110 cm³/mol. The predicted octanol–water partition coefficient (Wildman–Crippen LogP) is 4.04. The number of carbonyl (C=O) groups is 2. The molecule has 6 rings (SSSR count). The number of rotatable bonds is 4. The molecular weight excluding hydrogens is 422 g/mol. The number of hydrogen-bond acceptors (Lipinski definition) is 6. The normalized spacial score (nSPS) is 29.5. The lowest BCUT2D eigenvalue weighted by Gasteiger charge is -2.18. The van der Waals surface area contributed by atoms with Crippen LogP contribution in [0.4, 0.5) is 5.69 Å². The summed E-state index contributed by atoms with van der Waals surface area (Å²) in [5.41, 5.74) is 0.409. The Bertz CT molecular complexity index is 1190. The third-order valence-electron chi connectivity index (χ3n) is 7.18. The monoisotopic (exact) mass is 437 g/mol. The minimum atomic E-state index is -0.563. The molecule has 9 heteroatoms. The maximum absolute atomic E-state index is 12.9. The molecule has 1 spiro atoms. The first-order chi connectivity index (χ1) is 14.9. The molecule has 1 aromatic carbocycles. The number of allylic oxidation sites excluding steroid dienone is 2. The van der Waals surface area contributed by atoms with Crippen molar-refractivity contribution in [2.24, 2.45) is 34.2 Å². The van der Waals surface area contributed by atoms with Gasteiger partial charge in [-0.25, -0.2) is 0 Å². The molecule has 1 aliphatic heterocycles. The molecule has 4 atom stereocenters. The number of fused-ring (bicyclic) bond motifs is 3. The van der Waals surface area contributed by atoms with Crippen molar-refractivity contribution in [3.05, 3.63) is 63.4 Å². The van der Waals surface area contributed by atoms with Crippen molar-refractivity contribution in [1.82, 2.24) is 5.01 Å². The van der Waals surface area contributed by atoms with Crippen molar-refractivity contribution >= 4 is 35.3 Å². The van der Waals surface area contributed by atoms with Gasteiger partial charge in [-0.15, -0.1) is 0 Å². The first-order valence-electron chi connectivity index (χ1n) is 10.0. The van der Waals surface area contributed by atoms with Gasteiger partial charge in [0, 0.05) is 11.6 Å². The van der Waals surface area contributed by atoms with E-state index in [9.17, 15) is 19.7 Å². The van der Waals surface area contributed by atoms with Crippen LogP contribution in [0.1, 0.15) is 18.6 Å². The van der Waals surface area contributed by atoms with Gasteiger partial charge in [0.1, 0.15) is 16.5 Å². The van der Waals surface area contributed by atoms with Crippen molar-refractivity contribution < 1.29 is 18.9 Å². The van der Waals surface area contributed by atoms with Crippen LogP contribution in [0.25, 0.3) is 11.3 Å². The molecule has 0 radical (unpaired) electrons. The van der Waals surface area contributed by atoms with E-state index in [-0.39, 0.29) is 51.6 Å². The smallest absolute Gasteiger partial charge is 0.288 e. The van der Waals surface area contributed by atoms with Gasteiger partial charge in [-0.05, 0) is 54.4 Å². The average molecular weight is 438 g/mol. The van der Waals surface area contributed by atoms with Gasteiger partial charge in [0.25, 0.3) is 17.5 Å². The maximum atomic E-state index is 12.9. The van der Waals surface area contributed by atoms with Gasteiger partial charge in [-0.3, -0.25) is 19.7 Å². The van der Waals surface area contributed by atoms with Crippen LogP contribution >= 0.6 is 11.6 Å². The lowest BCUT2D eigenvalue weighted by atomic mass is 9.85. The molecule has 2 bridgehead atoms. The van der Waals surface area contributed by atoms with Crippen molar-refractivity contribution in [3.63, 3.8) is 0 Å². The summed E-state index contributed by atoms with van der Waals surface area (Å²) in [6.45, 7) is 0. The number of hydrazone groups is 1. The van der Waals surface area contributed by atoms with Crippen LogP contribution in [0, 0.1) is 39.2 Å². The molecule has 2 heterocycles. The van der Waals surface area contributed by atoms with Crippen LogP contribution in [-0.4, -0.2) is 28.0 Å². The van der Waals surface area contributed by atoms with Crippen LogP contribution in [0.5, 0.6) is 0 Å². The molecule has 2 saturated carbocycles. The Morgan fingerprint density at radius 2 is 1.81 bits per heavy atom. The van der Waals surface area contributed by atoms with Crippen molar-refractivity contribution in [3.8, 4) is 11.3 Å². The van der Waals surface area contributed by atoms with E-state index in [0.717, 1.165) is 17.9 Å². The summed E-state index contributed by atoms with van der Waals surface area (Å²) in [6.07, 6.45) is 7.73. The molecule has 8 nitrogen and oxygen atoms in total. The number of hydrogen-bond donors (Lipinski definition) is 0. The molecule has 156 valence electrons. The van der Waals surface area contributed by atoms with E-state index in [0.29, 0.717) is 17.1 Å². The Morgan fingerprint density at radius 1 is 1.13 bits per heavy atom. The number of carbonyl (C=O) groups excluding carboxylic acids is 2. The number of amides is 2. The molecule has 3 aliphatic carbocycles. The largest absolute Gasteiger partial charge is 0.455 e. The Hall–Kier alpha value is -3.26. The number of nitro benzene ring substituents is 1. The van der Waals surface area contributed by atoms with Crippen LogP contribution in [-0.2, 0) is 9.59 Å². The minimum Gasteiger partial charge on any atom is -0.455 e. The van der Waals surface area contributed by atoms with Gasteiger partial charge < -0.3 is 4.42 Å². The number of furan rings is 1. The Kier molecular flexibility index (Phi) is 3.66. The Labute approximate surface area is 181 Å². The molecule has 2 aromatic rings. The summed E-state index contributed by atoms with van der Waals surface area (Å²) in [4.78, 5) is 36.4. The molecule has 31 heavy (non-hydrogen) atoms. The molecule has 2 amide bonds. The highest BCUT2D eigenvalue weighted by molar-refractivity contribution is 6.32. The zero-order valence-electron chi connectivity index (χ0n) is 16.1. The van der Waals surface area contributed by atoms with Crippen LogP contribution in [0.3, 0.4) is 0 Å². The van der Waals surface area contributed by atoms with Crippen LogP contribution in [0.2, 0.25) is 5.02 Å². The number of nitro groups is 1. The standard InChI is InChI=1S/C22H16ClN3O5/c23-15-5-1-11(9-16(15)26(29)30)17-6-2-12(31-17)10-24-25-20(27)18-13-3-4-14(19(18)21(25)28)22(13)7-8-22/h1-6,9-10,13-14,18-19H,7-8H2/b24-10-/t13-,14-,18-,19+/m1/s1. The van der Waals surface area contributed by atoms with E-state index in [2.05, 4.69) is 17.3 Å². The highest BCUT2D eigenvalue weighted by Gasteiger charge is 2.73. The molecular formula is C22H16ClN3O5. The van der Waals surface area contributed by atoms with E-state index in [1.165, 1.54) is 18.3 Å². The highest BCUT2D eigenvalue weighted by Crippen LogP contribution is 2.73. The molecule has 4 aliphatic rings.